The quantitative estimate of drug-likeness (QED) is 0.654. The van der Waals surface area contributed by atoms with Gasteiger partial charge in [-0.25, -0.2) is 0 Å². The zero-order chi connectivity index (χ0) is 17.6. The van der Waals surface area contributed by atoms with Crippen molar-refractivity contribution < 1.29 is 9.53 Å². The minimum Gasteiger partial charge on any atom is -0.378 e. The Labute approximate surface area is 155 Å². The van der Waals surface area contributed by atoms with Crippen molar-refractivity contribution >= 4 is 46.3 Å². The summed E-state index contributed by atoms with van der Waals surface area (Å²) in [5, 5.41) is 16.4. The number of thiophene rings is 1. The highest BCUT2D eigenvalue weighted by Crippen LogP contribution is 2.30. The third kappa shape index (κ3) is 4.40. The SMILES string of the molecule is N#CC(=Cc1ccsc1)C(=O)Nc1cc(Cl)ccc1N1CCOCC1. The molecule has 25 heavy (non-hydrogen) atoms. The molecule has 5 nitrogen and oxygen atoms in total. The maximum absolute atomic E-state index is 12.5. The van der Waals surface area contributed by atoms with E-state index < -0.39 is 5.91 Å². The first-order chi connectivity index (χ1) is 12.2. The summed E-state index contributed by atoms with van der Waals surface area (Å²) >= 11 is 7.60. The molecule has 1 fully saturated rings. The van der Waals surface area contributed by atoms with E-state index >= 15 is 0 Å². The smallest absolute Gasteiger partial charge is 0.266 e. The van der Waals surface area contributed by atoms with Gasteiger partial charge >= 0.3 is 0 Å². The lowest BCUT2D eigenvalue weighted by Crippen LogP contribution is -2.36. The molecule has 1 saturated heterocycles. The molecule has 2 aromatic rings. The maximum atomic E-state index is 12.5. The van der Waals surface area contributed by atoms with Crippen molar-refractivity contribution in [2.75, 3.05) is 36.5 Å². The lowest BCUT2D eigenvalue weighted by Gasteiger charge is -2.30. The van der Waals surface area contributed by atoms with Crippen LogP contribution in [-0.2, 0) is 9.53 Å². The van der Waals surface area contributed by atoms with Gasteiger partial charge in [0.05, 0.1) is 24.6 Å². The number of amides is 1. The van der Waals surface area contributed by atoms with Crippen molar-refractivity contribution in [3.63, 3.8) is 0 Å². The number of benzene rings is 1. The molecule has 128 valence electrons. The van der Waals surface area contributed by atoms with Crippen LogP contribution in [0.2, 0.25) is 5.02 Å². The van der Waals surface area contributed by atoms with Crippen molar-refractivity contribution in [3.8, 4) is 6.07 Å². The number of hydrogen-bond acceptors (Lipinski definition) is 5. The number of nitrogens with zero attached hydrogens (tertiary/aromatic N) is 2. The molecular formula is C18H16ClN3O2S. The van der Waals surface area contributed by atoms with Crippen molar-refractivity contribution in [2.24, 2.45) is 0 Å². The Morgan fingerprint density at radius 3 is 2.84 bits per heavy atom. The highest BCUT2D eigenvalue weighted by atomic mass is 35.5. The fourth-order valence-corrected chi connectivity index (χ4v) is 3.34. The molecule has 1 N–H and O–H groups in total. The largest absolute Gasteiger partial charge is 0.378 e. The Morgan fingerprint density at radius 1 is 1.36 bits per heavy atom. The molecule has 0 bridgehead atoms. The van der Waals surface area contributed by atoms with E-state index in [0.717, 1.165) is 24.3 Å². The van der Waals surface area contributed by atoms with E-state index in [4.69, 9.17) is 16.3 Å². The second-order valence-electron chi connectivity index (χ2n) is 5.44. The molecule has 0 aliphatic carbocycles. The molecule has 1 aromatic heterocycles. The normalized spacial score (nSPS) is 14.9. The zero-order valence-corrected chi connectivity index (χ0v) is 14.9. The van der Waals surface area contributed by atoms with Crippen LogP contribution in [0.1, 0.15) is 5.56 Å². The fraction of sp³-hybridized carbons (Fsp3) is 0.222. The van der Waals surface area contributed by atoms with E-state index in [2.05, 4.69) is 10.2 Å². The van der Waals surface area contributed by atoms with Gasteiger partial charge in [0, 0.05) is 18.1 Å². The molecule has 0 spiro atoms. The monoisotopic (exact) mass is 373 g/mol. The first-order valence-corrected chi connectivity index (χ1v) is 9.07. The second-order valence-corrected chi connectivity index (χ2v) is 6.66. The third-order valence-corrected chi connectivity index (χ3v) is 4.71. The minimum atomic E-state index is -0.453. The van der Waals surface area contributed by atoms with E-state index in [0.29, 0.717) is 23.9 Å². The number of ether oxygens (including phenoxy) is 1. The van der Waals surface area contributed by atoms with Crippen molar-refractivity contribution in [3.05, 3.63) is 51.2 Å². The van der Waals surface area contributed by atoms with Crippen LogP contribution >= 0.6 is 22.9 Å². The third-order valence-electron chi connectivity index (χ3n) is 3.78. The van der Waals surface area contributed by atoms with Gasteiger partial charge in [0.1, 0.15) is 11.6 Å². The lowest BCUT2D eigenvalue weighted by molar-refractivity contribution is -0.112. The van der Waals surface area contributed by atoms with Crippen molar-refractivity contribution in [1.82, 2.24) is 0 Å². The Morgan fingerprint density at radius 2 is 2.16 bits per heavy atom. The summed E-state index contributed by atoms with van der Waals surface area (Å²) in [6, 6.07) is 9.17. The molecule has 1 aromatic carbocycles. The van der Waals surface area contributed by atoms with Crippen molar-refractivity contribution in [1.29, 1.82) is 5.26 Å². The van der Waals surface area contributed by atoms with Gasteiger partial charge in [-0.1, -0.05) is 11.6 Å². The Kier molecular flexibility index (Phi) is 5.71. The molecule has 3 rings (SSSR count). The molecular weight excluding hydrogens is 358 g/mol. The average molecular weight is 374 g/mol. The first-order valence-electron chi connectivity index (χ1n) is 7.75. The van der Waals surface area contributed by atoms with E-state index in [1.54, 1.807) is 18.2 Å². The Balaban J connectivity index is 1.85. The number of rotatable bonds is 4. The maximum Gasteiger partial charge on any atom is 0.266 e. The summed E-state index contributed by atoms with van der Waals surface area (Å²) < 4.78 is 5.37. The van der Waals surface area contributed by atoms with Gasteiger partial charge < -0.3 is 15.0 Å². The summed E-state index contributed by atoms with van der Waals surface area (Å²) in [6.45, 7) is 2.75. The summed E-state index contributed by atoms with van der Waals surface area (Å²) in [5.41, 5.74) is 2.34. The van der Waals surface area contributed by atoms with Gasteiger partial charge in [0.15, 0.2) is 0 Å². The molecule has 2 heterocycles. The van der Waals surface area contributed by atoms with Gasteiger partial charge in [-0.3, -0.25) is 4.79 Å². The number of carbonyl (C=O) groups is 1. The first kappa shape index (κ1) is 17.5. The molecule has 0 saturated carbocycles. The van der Waals surface area contributed by atoms with Gasteiger partial charge in [-0.15, -0.1) is 0 Å². The van der Waals surface area contributed by atoms with Crippen molar-refractivity contribution in [2.45, 2.75) is 0 Å². The predicted octanol–water partition coefficient (Wildman–Crippen LogP) is 3.78. The minimum absolute atomic E-state index is 0.0475. The predicted molar refractivity (Wildman–Crippen MR) is 101 cm³/mol. The van der Waals surface area contributed by atoms with Gasteiger partial charge in [0.2, 0.25) is 0 Å². The van der Waals surface area contributed by atoms with E-state index in [1.165, 1.54) is 11.3 Å². The van der Waals surface area contributed by atoms with Crippen LogP contribution in [0.3, 0.4) is 0 Å². The summed E-state index contributed by atoms with van der Waals surface area (Å²) in [4.78, 5) is 14.7. The lowest BCUT2D eigenvalue weighted by atomic mass is 10.1. The molecule has 1 amide bonds. The Hall–Kier alpha value is -2.33. The molecule has 0 unspecified atom stereocenters. The molecule has 1 aliphatic heterocycles. The van der Waals surface area contributed by atoms with Gasteiger partial charge in [0.25, 0.3) is 5.91 Å². The van der Waals surface area contributed by atoms with Crippen LogP contribution < -0.4 is 10.2 Å². The number of hydrogen-bond donors (Lipinski definition) is 1. The molecule has 1 aliphatic rings. The highest BCUT2D eigenvalue weighted by molar-refractivity contribution is 7.08. The molecule has 0 atom stereocenters. The van der Waals surface area contributed by atoms with Crippen LogP contribution in [0.5, 0.6) is 0 Å². The number of carbonyl (C=O) groups excluding carboxylic acids is 1. The van der Waals surface area contributed by atoms with Gasteiger partial charge in [-0.2, -0.15) is 16.6 Å². The van der Waals surface area contributed by atoms with Crippen LogP contribution in [0.4, 0.5) is 11.4 Å². The summed E-state index contributed by atoms with van der Waals surface area (Å²) in [6.07, 6.45) is 1.57. The number of anilines is 2. The fourth-order valence-electron chi connectivity index (χ4n) is 2.55. The number of nitrogens with one attached hydrogen (secondary N) is 1. The van der Waals surface area contributed by atoms with Crippen LogP contribution in [-0.4, -0.2) is 32.2 Å². The Bertz CT molecular complexity index is 821. The summed E-state index contributed by atoms with van der Waals surface area (Å²) in [7, 11) is 0. The standard InChI is InChI=1S/C18H16ClN3O2S/c19-15-1-2-17(22-4-6-24-7-5-22)16(10-15)21-18(23)14(11-20)9-13-3-8-25-12-13/h1-3,8-10,12H,4-7H2,(H,21,23). The highest BCUT2D eigenvalue weighted by Gasteiger charge is 2.18. The number of nitriles is 1. The van der Waals surface area contributed by atoms with Gasteiger partial charge in [-0.05, 0) is 46.7 Å². The molecule has 7 heteroatoms. The topological polar surface area (TPSA) is 65.4 Å². The van der Waals surface area contributed by atoms with E-state index in [1.807, 2.05) is 29.0 Å². The van der Waals surface area contributed by atoms with Crippen LogP contribution in [0.15, 0.2) is 40.6 Å². The average Bonchev–Trinajstić information content (AvgIpc) is 3.13. The number of morpholine rings is 1. The zero-order valence-electron chi connectivity index (χ0n) is 13.4. The van der Waals surface area contributed by atoms with E-state index in [-0.39, 0.29) is 5.57 Å². The van der Waals surface area contributed by atoms with Crippen LogP contribution in [0.25, 0.3) is 6.08 Å². The molecule has 0 radical (unpaired) electrons. The van der Waals surface area contributed by atoms with Crippen LogP contribution in [0, 0.1) is 11.3 Å². The second kappa shape index (κ2) is 8.17. The van der Waals surface area contributed by atoms with E-state index in [9.17, 15) is 10.1 Å². The number of halogens is 1. The summed E-state index contributed by atoms with van der Waals surface area (Å²) in [5.74, 6) is -0.453.